The molecule has 4 aromatic heterocycles. The van der Waals surface area contributed by atoms with Crippen LogP contribution >= 0.6 is 0 Å². The van der Waals surface area contributed by atoms with E-state index in [4.69, 9.17) is 9.97 Å². The molecular weight excluding hydrogens is 508 g/mol. The normalized spacial score (nSPS) is 14.6. The average Bonchev–Trinajstić information content (AvgIpc) is 3.70. The van der Waals surface area contributed by atoms with Crippen LogP contribution < -0.4 is 0 Å². The summed E-state index contributed by atoms with van der Waals surface area (Å²) in [5.74, 6) is 2.75. The van der Waals surface area contributed by atoms with Crippen LogP contribution in [0.4, 0.5) is 0 Å². The Morgan fingerprint density at radius 3 is 2.41 bits per heavy atom. The van der Waals surface area contributed by atoms with E-state index in [2.05, 4.69) is 91.1 Å². The zero-order valence-electron chi connectivity index (χ0n) is 23.1. The van der Waals surface area contributed by atoms with Crippen LogP contribution in [0.15, 0.2) is 91.4 Å². The average molecular weight is 541 g/mol. The lowest BCUT2D eigenvalue weighted by atomic mass is 9.95. The Labute approximate surface area is 239 Å². The molecule has 0 saturated carbocycles. The number of piperidine rings is 1. The molecular formula is C33H32N8. The maximum atomic E-state index is 5.02. The van der Waals surface area contributed by atoms with E-state index in [0.29, 0.717) is 5.92 Å². The van der Waals surface area contributed by atoms with Crippen molar-refractivity contribution in [1.82, 2.24) is 39.4 Å². The van der Waals surface area contributed by atoms with E-state index in [1.54, 1.807) is 6.20 Å². The fraction of sp³-hybridized carbons (Fsp3) is 0.242. The van der Waals surface area contributed by atoms with Gasteiger partial charge in [-0.15, -0.1) is 0 Å². The molecule has 2 aromatic carbocycles. The fourth-order valence-electron chi connectivity index (χ4n) is 5.72. The number of pyridine rings is 1. The van der Waals surface area contributed by atoms with Crippen molar-refractivity contribution in [2.75, 3.05) is 13.1 Å². The third-order valence-corrected chi connectivity index (χ3v) is 8.02. The first-order valence-corrected chi connectivity index (χ1v) is 14.3. The predicted molar refractivity (Wildman–Crippen MR) is 160 cm³/mol. The van der Waals surface area contributed by atoms with E-state index in [1.807, 2.05) is 30.5 Å². The number of benzene rings is 2. The number of aryl methyl sites for hydroxylation is 1. The number of hydrogen-bond acceptors (Lipinski definition) is 6. The second-order valence-corrected chi connectivity index (χ2v) is 10.6. The molecule has 1 N–H and O–H groups in total. The van der Waals surface area contributed by atoms with Gasteiger partial charge in [0, 0.05) is 41.7 Å². The number of hydrogen-bond donors (Lipinski definition) is 1. The molecule has 8 nitrogen and oxygen atoms in total. The number of likely N-dealkylation sites (tertiary alicyclic amines) is 1. The molecule has 0 spiro atoms. The Morgan fingerprint density at radius 1 is 0.854 bits per heavy atom. The van der Waals surface area contributed by atoms with E-state index >= 15 is 0 Å². The summed E-state index contributed by atoms with van der Waals surface area (Å²) < 4.78 is 2.11. The molecule has 0 atom stereocenters. The summed E-state index contributed by atoms with van der Waals surface area (Å²) in [5, 5.41) is 7.58. The summed E-state index contributed by atoms with van der Waals surface area (Å²) in [5.41, 5.74) is 7.61. The maximum absolute atomic E-state index is 5.02. The second-order valence-electron chi connectivity index (χ2n) is 10.6. The van der Waals surface area contributed by atoms with Gasteiger partial charge in [-0.25, -0.2) is 15.0 Å². The minimum atomic E-state index is 0.371. The van der Waals surface area contributed by atoms with Crippen molar-refractivity contribution in [2.24, 2.45) is 0 Å². The number of fused-ring (bicyclic) bond motifs is 1. The largest absolute Gasteiger partial charge is 0.299 e. The van der Waals surface area contributed by atoms with Gasteiger partial charge < -0.3 is 0 Å². The van der Waals surface area contributed by atoms with Gasteiger partial charge in [0.05, 0.1) is 11.9 Å². The molecule has 41 heavy (non-hydrogen) atoms. The molecule has 0 bridgehead atoms. The van der Waals surface area contributed by atoms with Crippen molar-refractivity contribution in [2.45, 2.75) is 38.6 Å². The Bertz CT molecular complexity index is 1750. The van der Waals surface area contributed by atoms with E-state index in [0.717, 1.165) is 90.1 Å². The van der Waals surface area contributed by atoms with Crippen molar-refractivity contribution >= 4 is 5.78 Å². The second kappa shape index (κ2) is 11.1. The van der Waals surface area contributed by atoms with Crippen LogP contribution in [0, 0.1) is 0 Å². The van der Waals surface area contributed by atoms with Crippen LogP contribution in [-0.4, -0.2) is 52.5 Å². The van der Waals surface area contributed by atoms with E-state index in [-0.39, 0.29) is 0 Å². The number of nitrogens with one attached hydrogen (secondary N) is 1. The SMILES string of the molecule is CCc1cnc2nc(-c3ccc(CN4CCC(c5n[nH]c(-c6ccccn6)n5)CC4)cc3)c(-c3ccccc3)cn12. The molecule has 0 radical (unpaired) electrons. The van der Waals surface area contributed by atoms with Gasteiger partial charge in [-0.2, -0.15) is 5.10 Å². The van der Waals surface area contributed by atoms with Gasteiger partial charge >= 0.3 is 0 Å². The number of nitrogens with zero attached hydrogens (tertiary/aromatic N) is 7. The highest BCUT2D eigenvalue weighted by molar-refractivity contribution is 5.81. The van der Waals surface area contributed by atoms with Crippen LogP contribution in [0.1, 0.15) is 42.8 Å². The van der Waals surface area contributed by atoms with Crippen molar-refractivity contribution in [1.29, 1.82) is 0 Å². The predicted octanol–water partition coefficient (Wildman–Crippen LogP) is 6.19. The fourth-order valence-corrected chi connectivity index (χ4v) is 5.72. The van der Waals surface area contributed by atoms with Gasteiger partial charge in [-0.1, -0.05) is 67.6 Å². The molecule has 1 fully saturated rings. The van der Waals surface area contributed by atoms with Gasteiger partial charge in [-0.05, 0) is 55.6 Å². The van der Waals surface area contributed by atoms with Crippen molar-refractivity contribution in [3.8, 4) is 33.9 Å². The highest BCUT2D eigenvalue weighted by Crippen LogP contribution is 2.32. The van der Waals surface area contributed by atoms with Gasteiger partial charge in [0.15, 0.2) is 11.6 Å². The van der Waals surface area contributed by atoms with E-state index in [1.165, 1.54) is 5.56 Å². The first-order chi connectivity index (χ1) is 20.2. The van der Waals surface area contributed by atoms with E-state index in [9.17, 15) is 0 Å². The standard InChI is InChI=1S/C33H32N8/c1-2-27-20-35-33-36-30(28(22-41(27)33)24-8-4-3-5-9-24)25-13-11-23(12-14-25)21-40-18-15-26(16-19-40)31-37-32(39-38-31)29-10-6-7-17-34-29/h3-14,17,20,22,26H,2,15-16,18-19,21H2,1H3,(H,37,38,39). The molecule has 1 aliphatic rings. The number of rotatable bonds is 7. The smallest absolute Gasteiger partial charge is 0.234 e. The summed E-state index contributed by atoms with van der Waals surface area (Å²) in [6, 6.07) is 25.2. The molecule has 0 amide bonds. The molecule has 1 saturated heterocycles. The van der Waals surface area contributed by atoms with Crippen LogP contribution in [0.25, 0.3) is 39.7 Å². The summed E-state index contributed by atoms with van der Waals surface area (Å²) in [6.07, 6.45) is 8.89. The third kappa shape index (κ3) is 5.14. The molecule has 0 unspecified atom stereocenters. The number of imidazole rings is 1. The van der Waals surface area contributed by atoms with Crippen LogP contribution in [0.5, 0.6) is 0 Å². The zero-order valence-corrected chi connectivity index (χ0v) is 23.1. The molecule has 0 aliphatic carbocycles. The van der Waals surface area contributed by atoms with Crippen molar-refractivity contribution in [3.05, 3.63) is 108 Å². The van der Waals surface area contributed by atoms with Gasteiger partial charge in [0.1, 0.15) is 5.69 Å². The molecule has 5 heterocycles. The topological polar surface area (TPSA) is 87.9 Å². The first kappa shape index (κ1) is 25.3. The van der Waals surface area contributed by atoms with Crippen LogP contribution in [-0.2, 0) is 13.0 Å². The lowest BCUT2D eigenvalue weighted by molar-refractivity contribution is 0.202. The minimum absolute atomic E-state index is 0.371. The quantitative estimate of drug-likeness (QED) is 0.260. The lowest BCUT2D eigenvalue weighted by Gasteiger charge is -2.30. The highest BCUT2D eigenvalue weighted by Gasteiger charge is 2.24. The molecule has 6 aromatic rings. The third-order valence-electron chi connectivity index (χ3n) is 8.02. The molecule has 204 valence electrons. The van der Waals surface area contributed by atoms with Crippen molar-refractivity contribution in [3.63, 3.8) is 0 Å². The number of aromatic nitrogens is 7. The first-order valence-electron chi connectivity index (χ1n) is 14.3. The van der Waals surface area contributed by atoms with Crippen molar-refractivity contribution < 1.29 is 0 Å². The minimum Gasteiger partial charge on any atom is -0.299 e. The Kier molecular flexibility index (Phi) is 6.82. The summed E-state index contributed by atoms with van der Waals surface area (Å²) in [6.45, 7) is 5.12. The highest BCUT2D eigenvalue weighted by atomic mass is 15.2. The number of aromatic amines is 1. The lowest BCUT2D eigenvalue weighted by Crippen LogP contribution is -2.32. The Hall–Kier alpha value is -4.69. The van der Waals surface area contributed by atoms with Crippen LogP contribution in [0.3, 0.4) is 0 Å². The van der Waals surface area contributed by atoms with Gasteiger partial charge in [0.2, 0.25) is 5.78 Å². The molecule has 7 rings (SSSR count). The molecule has 8 heteroatoms. The maximum Gasteiger partial charge on any atom is 0.234 e. The van der Waals surface area contributed by atoms with Gasteiger partial charge in [-0.3, -0.25) is 19.4 Å². The summed E-state index contributed by atoms with van der Waals surface area (Å²) in [7, 11) is 0. The summed E-state index contributed by atoms with van der Waals surface area (Å²) >= 11 is 0. The van der Waals surface area contributed by atoms with Crippen LogP contribution in [0.2, 0.25) is 0 Å². The summed E-state index contributed by atoms with van der Waals surface area (Å²) in [4.78, 5) is 21.2. The van der Waals surface area contributed by atoms with E-state index < -0.39 is 0 Å². The molecule has 1 aliphatic heterocycles. The Balaban J connectivity index is 1.05. The van der Waals surface area contributed by atoms with Gasteiger partial charge in [0.25, 0.3) is 0 Å². The number of H-pyrrole nitrogens is 1. The Morgan fingerprint density at radius 2 is 1.66 bits per heavy atom. The monoisotopic (exact) mass is 540 g/mol. The zero-order chi connectivity index (χ0) is 27.6.